The predicted molar refractivity (Wildman–Crippen MR) is 129 cm³/mol. The van der Waals surface area contributed by atoms with Gasteiger partial charge in [0.25, 0.3) is 5.95 Å². The number of amides is 2. The summed E-state index contributed by atoms with van der Waals surface area (Å²) in [6.07, 6.45) is 4.46. The van der Waals surface area contributed by atoms with E-state index in [2.05, 4.69) is 30.7 Å². The molecule has 4 aromatic rings. The smallest absolute Gasteiger partial charge is 0.319 e. The molecule has 0 aliphatic heterocycles. The van der Waals surface area contributed by atoms with E-state index < -0.39 is 17.9 Å². The number of halogens is 3. The van der Waals surface area contributed by atoms with Crippen molar-refractivity contribution >= 4 is 34.9 Å². The molecule has 10 nitrogen and oxygen atoms in total. The van der Waals surface area contributed by atoms with E-state index in [4.69, 9.17) is 33.2 Å². The number of rotatable bonds is 7. The lowest BCUT2D eigenvalue weighted by Gasteiger charge is -2.16. The number of urea groups is 1. The monoisotopic (exact) mass is 526 g/mol. The summed E-state index contributed by atoms with van der Waals surface area (Å²) in [6.45, 7) is 1.56. The van der Waals surface area contributed by atoms with Crippen molar-refractivity contribution < 1.29 is 13.9 Å². The molecule has 0 spiro atoms. The number of nitrogens with one attached hydrogen (secondary N) is 2. The van der Waals surface area contributed by atoms with Crippen molar-refractivity contribution in [3.05, 3.63) is 87.9 Å². The average molecular weight is 527 g/mol. The molecule has 1 unspecified atom stereocenters. The van der Waals surface area contributed by atoms with E-state index in [1.54, 1.807) is 25.4 Å². The highest BCUT2D eigenvalue weighted by Crippen LogP contribution is 2.35. The lowest BCUT2D eigenvalue weighted by atomic mass is 10.1. The van der Waals surface area contributed by atoms with Crippen LogP contribution in [0.25, 0.3) is 5.95 Å². The molecule has 2 amide bonds. The van der Waals surface area contributed by atoms with Crippen molar-refractivity contribution in [3.63, 3.8) is 0 Å². The van der Waals surface area contributed by atoms with E-state index in [9.17, 15) is 9.18 Å². The Bertz CT molecular complexity index is 1440. The molecule has 0 bridgehead atoms. The van der Waals surface area contributed by atoms with Crippen LogP contribution < -0.4 is 15.4 Å². The van der Waals surface area contributed by atoms with Gasteiger partial charge in [-0.05, 0) is 31.2 Å². The minimum absolute atomic E-state index is 0.154. The molecule has 4 rings (SSSR count). The third kappa shape index (κ3) is 5.68. The van der Waals surface area contributed by atoms with Gasteiger partial charge in [-0.15, -0.1) is 0 Å². The van der Waals surface area contributed by atoms with Gasteiger partial charge in [-0.1, -0.05) is 29.3 Å². The number of carbonyl (C=O) groups is 1. The summed E-state index contributed by atoms with van der Waals surface area (Å²) < 4.78 is 21.2. The van der Waals surface area contributed by atoms with Crippen molar-refractivity contribution in [1.82, 2.24) is 30.0 Å². The van der Waals surface area contributed by atoms with Gasteiger partial charge in [0.1, 0.15) is 24.5 Å². The summed E-state index contributed by atoms with van der Waals surface area (Å²) in [5, 5.41) is 18.7. The molecule has 0 saturated heterocycles. The van der Waals surface area contributed by atoms with Gasteiger partial charge in [-0.25, -0.2) is 24.1 Å². The van der Waals surface area contributed by atoms with E-state index in [1.165, 1.54) is 35.3 Å². The summed E-state index contributed by atoms with van der Waals surface area (Å²) in [5.74, 6) is 0.307. The van der Waals surface area contributed by atoms with E-state index in [1.807, 2.05) is 6.07 Å². The van der Waals surface area contributed by atoms with Crippen molar-refractivity contribution in [1.29, 1.82) is 5.26 Å². The third-order valence-electron chi connectivity index (χ3n) is 4.89. The molecule has 13 heteroatoms. The number of anilines is 1. The van der Waals surface area contributed by atoms with Gasteiger partial charge in [0.05, 0.1) is 33.4 Å². The predicted octanol–water partition coefficient (Wildman–Crippen LogP) is 4.84. The first-order valence-corrected chi connectivity index (χ1v) is 11.2. The topological polar surface area (TPSA) is 131 Å². The van der Waals surface area contributed by atoms with Crippen LogP contribution in [0.5, 0.6) is 5.75 Å². The Morgan fingerprint density at radius 2 is 1.97 bits per heavy atom. The summed E-state index contributed by atoms with van der Waals surface area (Å²) in [7, 11) is 0. The summed E-state index contributed by atoms with van der Waals surface area (Å²) in [5.41, 5.74) is 0.642. The van der Waals surface area contributed by atoms with Crippen LogP contribution in [0.3, 0.4) is 0 Å². The maximum Gasteiger partial charge on any atom is 0.319 e. The first-order chi connectivity index (χ1) is 17.4. The zero-order chi connectivity index (χ0) is 25.7. The number of benzene rings is 2. The summed E-state index contributed by atoms with van der Waals surface area (Å²) in [6, 6.07) is 9.25. The third-order valence-corrected chi connectivity index (χ3v) is 5.49. The Balaban J connectivity index is 1.44. The summed E-state index contributed by atoms with van der Waals surface area (Å²) >= 11 is 12.5. The standard InChI is InChI=1S/C23H17Cl2FN8O2/c1-13(21-30-12-31-34(21)22-28-5-2-6-29-22)32-23(35)33-19-9-20(17(25)8-16(19)24)36-11-15-4-3-14(10-27)7-18(15)26/h2-9,12-13H,11H2,1H3,(H2,32,33,35). The zero-order valence-corrected chi connectivity index (χ0v) is 20.1. The molecule has 0 aliphatic carbocycles. The van der Waals surface area contributed by atoms with Gasteiger partial charge >= 0.3 is 6.03 Å². The Labute approximate surface area is 214 Å². The highest BCUT2D eigenvalue weighted by Gasteiger charge is 2.19. The van der Waals surface area contributed by atoms with Crippen LogP contribution in [0.2, 0.25) is 10.0 Å². The van der Waals surface area contributed by atoms with Crippen LogP contribution in [0.1, 0.15) is 29.9 Å². The van der Waals surface area contributed by atoms with Crippen LogP contribution >= 0.6 is 23.2 Å². The second kappa shape index (κ2) is 11.0. The normalized spacial score (nSPS) is 11.4. The number of carbonyl (C=O) groups excluding carboxylic acids is 1. The fraction of sp³-hybridized carbons (Fsp3) is 0.130. The Morgan fingerprint density at radius 1 is 1.19 bits per heavy atom. The number of nitrogens with zero attached hydrogens (tertiary/aromatic N) is 6. The first-order valence-electron chi connectivity index (χ1n) is 10.4. The van der Waals surface area contributed by atoms with Gasteiger partial charge in [0.15, 0.2) is 5.82 Å². The highest BCUT2D eigenvalue weighted by atomic mass is 35.5. The van der Waals surface area contributed by atoms with E-state index >= 15 is 0 Å². The van der Waals surface area contributed by atoms with Gasteiger partial charge in [0.2, 0.25) is 0 Å². The molecule has 0 saturated carbocycles. The number of ether oxygens (including phenoxy) is 1. The van der Waals surface area contributed by atoms with E-state index in [0.29, 0.717) is 11.8 Å². The first kappa shape index (κ1) is 24.8. The van der Waals surface area contributed by atoms with Crippen molar-refractivity contribution in [2.75, 3.05) is 5.32 Å². The van der Waals surface area contributed by atoms with Crippen molar-refractivity contribution in [2.24, 2.45) is 0 Å². The molecule has 0 radical (unpaired) electrons. The average Bonchev–Trinajstić information content (AvgIpc) is 3.36. The molecule has 2 heterocycles. The van der Waals surface area contributed by atoms with Crippen molar-refractivity contribution in [2.45, 2.75) is 19.6 Å². The second-order valence-corrected chi connectivity index (χ2v) is 8.18. The van der Waals surface area contributed by atoms with Gasteiger partial charge in [-0.2, -0.15) is 15.0 Å². The number of nitriles is 1. The summed E-state index contributed by atoms with van der Waals surface area (Å²) in [4.78, 5) is 25.1. The van der Waals surface area contributed by atoms with Gasteiger partial charge in [0, 0.05) is 24.0 Å². The quantitative estimate of drug-likeness (QED) is 0.352. The Kier molecular flexibility index (Phi) is 7.58. The lowest BCUT2D eigenvalue weighted by Crippen LogP contribution is -2.32. The minimum Gasteiger partial charge on any atom is -0.487 e. The Hall–Kier alpha value is -4.27. The largest absolute Gasteiger partial charge is 0.487 e. The molecular formula is C23H17Cl2FN8O2. The fourth-order valence-electron chi connectivity index (χ4n) is 3.14. The SMILES string of the molecule is CC(NC(=O)Nc1cc(OCc2ccc(C#N)cc2F)c(Cl)cc1Cl)c1ncnn1-c1ncccn1. The lowest BCUT2D eigenvalue weighted by molar-refractivity contribution is 0.248. The van der Waals surface area contributed by atoms with E-state index in [-0.39, 0.29) is 39.2 Å². The molecule has 0 aliphatic rings. The molecule has 182 valence electrons. The molecular weight excluding hydrogens is 510 g/mol. The maximum atomic E-state index is 14.2. The molecule has 1 atom stereocenters. The van der Waals surface area contributed by atoms with Gasteiger partial charge in [-0.3, -0.25) is 0 Å². The number of aromatic nitrogens is 5. The van der Waals surface area contributed by atoms with Crippen LogP contribution in [-0.4, -0.2) is 30.8 Å². The number of hydrogen-bond donors (Lipinski definition) is 2. The molecule has 2 aromatic heterocycles. The van der Waals surface area contributed by atoms with Crippen LogP contribution in [0.4, 0.5) is 14.9 Å². The fourth-order valence-corrected chi connectivity index (χ4v) is 3.63. The number of hydrogen-bond acceptors (Lipinski definition) is 7. The maximum absolute atomic E-state index is 14.2. The minimum atomic E-state index is -0.584. The van der Waals surface area contributed by atoms with E-state index in [0.717, 1.165) is 6.07 Å². The van der Waals surface area contributed by atoms with Gasteiger partial charge < -0.3 is 15.4 Å². The van der Waals surface area contributed by atoms with Crippen LogP contribution in [-0.2, 0) is 6.61 Å². The van der Waals surface area contributed by atoms with Crippen molar-refractivity contribution in [3.8, 4) is 17.8 Å². The molecule has 0 fully saturated rings. The Morgan fingerprint density at radius 3 is 2.69 bits per heavy atom. The molecule has 2 N–H and O–H groups in total. The van der Waals surface area contributed by atoms with Crippen LogP contribution in [0, 0.1) is 17.1 Å². The van der Waals surface area contributed by atoms with Crippen LogP contribution in [0.15, 0.2) is 55.1 Å². The molecule has 2 aromatic carbocycles. The zero-order valence-electron chi connectivity index (χ0n) is 18.6. The molecule has 36 heavy (non-hydrogen) atoms. The second-order valence-electron chi connectivity index (χ2n) is 7.37. The highest BCUT2D eigenvalue weighted by molar-refractivity contribution is 6.37.